The lowest BCUT2D eigenvalue weighted by Crippen LogP contribution is -2.61. The van der Waals surface area contributed by atoms with Crippen LogP contribution in [0.2, 0.25) is 0 Å². The van der Waals surface area contributed by atoms with Crippen LogP contribution < -0.4 is 9.80 Å². The van der Waals surface area contributed by atoms with Crippen molar-refractivity contribution in [2.45, 2.75) is 39.4 Å². The van der Waals surface area contributed by atoms with Crippen LogP contribution in [-0.2, 0) is 4.74 Å². The summed E-state index contributed by atoms with van der Waals surface area (Å²) in [7, 11) is 0. The molecule has 3 fully saturated rings. The molecule has 0 radical (unpaired) electrons. The number of ether oxygens (including phenoxy) is 1. The van der Waals surface area contributed by atoms with Gasteiger partial charge in [-0.05, 0) is 63.6 Å². The van der Waals surface area contributed by atoms with Crippen molar-refractivity contribution < 1.29 is 4.74 Å². The van der Waals surface area contributed by atoms with Gasteiger partial charge in [-0.2, -0.15) is 5.26 Å². The molecular weight excluding hydrogens is 448 g/mol. The molecule has 0 aliphatic carbocycles. The molecule has 7 heteroatoms. The number of hydrogen-bond acceptors (Lipinski definition) is 7. The number of aromatic nitrogens is 2. The van der Waals surface area contributed by atoms with Gasteiger partial charge in [-0.15, -0.1) is 0 Å². The van der Waals surface area contributed by atoms with Crippen LogP contribution >= 0.6 is 0 Å². The number of hydrogen-bond donors (Lipinski definition) is 0. The molecule has 36 heavy (non-hydrogen) atoms. The number of fused-ring (bicyclic) bond motifs is 1. The van der Waals surface area contributed by atoms with Crippen molar-refractivity contribution in [2.75, 3.05) is 55.6 Å². The lowest BCUT2D eigenvalue weighted by atomic mass is 9.79. The first-order chi connectivity index (χ1) is 17.4. The highest BCUT2D eigenvalue weighted by Gasteiger charge is 2.48. The molecule has 2 aromatic heterocycles. The molecule has 5 heterocycles. The monoisotopic (exact) mass is 482 g/mol. The number of nitrogens with zero attached hydrogens (tertiary/aromatic N) is 6. The molecule has 3 saturated heterocycles. The highest BCUT2D eigenvalue weighted by Crippen LogP contribution is 2.41. The predicted molar refractivity (Wildman–Crippen MR) is 142 cm³/mol. The Morgan fingerprint density at radius 1 is 1.08 bits per heavy atom. The van der Waals surface area contributed by atoms with E-state index in [1.165, 1.54) is 12.1 Å². The Hall–Kier alpha value is -3.21. The van der Waals surface area contributed by atoms with Gasteiger partial charge in [0.25, 0.3) is 0 Å². The number of morpholine rings is 1. The predicted octanol–water partition coefficient (Wildman–Crippen LogP) is 3.92. The van der Waals surface area contributed by atoms with Gasteiger partial charge >= 0.3 is 0 Å². The third-order valence-electron chi connectivity index (χ3n) is 7.98. The van der Waals surface area contributed by atoms with Crippen molar-refractivity contribution >= 4 is 22.3 Å². The maximum atomic E-state index is 9.51. The molecule has 0 saturated carbocycles. The smallest absolute Gasteiger partial charge is 0.101 e. The summed E-state index contributed by atoms with van der Waals surface area (Å²) in [4.78, 5) is 16.6. The Labute approximate surface area is 213 Å². The third kappa shape index (κ3) is 4.29. The van der Waals surface area contributed by atoms with Gasteiger partial charge in [-0.25, -0.2) is 0 Å². The van der Waals surface area contributed by atoms with Crippen LogP contribution in [0.3, 0.4) is 0 Å². The Balaban J connectivity index is 1.11. The van der Waals surface area contributed by atoms with Gasteiger partial charge in [0, 0.05) is 85.6 Å². The van der Waals surface area contributed by atoms with E-state index >= 15 is 0 Å². The second-order valence-electron chi connectivity index (χ2n) is 11.1. The van der Waals surface area contributed by atoms with Crippen molar-refractivity contribution in [2.24, 2.45) is 5.41 Å². The lowest BCUT2D eigenvalue weighted by molar-refractivity contribution is -0.0675. The molecule has 1 spiro atoms. The van der Waals surface area contributed by atoms with Crippen LogP contribution in [0.15, 0.2) is 42.6 Å². The van der Waals surface area contributed by atoms with Gasteiger partial charge in [-0.1, -0.05) is 0 Å². The van der Waals surface area contributed by atoms with Gasteiger partial charge < -0.3 is 14.5 Å². The number of aryl methyl sites for hydroxylation is 2. The Morgan fingerprint density at radius 2 is 1.89 bits per heavy atom. The standard InChI is InChI=1S/C29H34N6O/c1-20-11-24(12-21(2)32-20)34-10-8-29(19-34)17-33(18-29)15-25-16-35(14-22(3)36-25)27-7-6-23(13-30)28-26(27)5-4-9-31-28/h4-7,9,11-12,22,25H,8,10,14-19H2,1-3H3. The molecular formula is C29H34N6O. The zero-order valence-electron chi connectivity index (χ0n) is 21.4. The number of nitriles is 1. The van der Waals surface area contributed by atoms with E-state index in [-0.39, 0.29) is 12.2 Å². The zero-order valence-corrected chi connectivity index (χ0v) is 21.4. The number of likely N-dealkylation sites (tertiary alicyclic amines) is 1. The Kier molecular flexibility index (Phi) is 5.82. The Morgan fingerprint density at radius 3 is 2.67 bits per heavy atom. The Bertz CT molecular complexity index is 1310. The van der Waals surface area contributed by atoms with Gasteiger partial charge in [0.15, 0.2) is 0 Å². The number of anilines is 2. The van der Waals surface area contributed by atoms with Gasteiger partial charge in [0.1, 0.15) is 6.07 Å². The van der Waals surface area contributed by atoms with Gasteiger partial charge in [0.05, 0.1) is 23.3 Å². The van der Waals surface area contributed by atoms with Crippen LogP contribution in [0, 0.1) is 30.6 Å². The molecule has 2 atom stereocenters. The molecule has 2 unspecified atom stereocenters. The number of pyridine rings is 2. The van der Waals surface area contributed by atoms with E-state index in [2.05, 4.69) is 75.8 Å². The fourth-order valence-electron chi connectivity index (χ4n) is 6.59. The minimum absolute atomic E-state index is 0.154. The van der Waals surface area contributed by atoms with E-state index in [0.29, 0.717) is 11.0 Å². The average molecular weight is 483 g/mol. The zero-order chi connectivity index (χ0) is 24.9. The first kappa shape index (κ1) is 23.2. The van der Waals surface area contributed by atoms with Gasteiger partial charge in [-0.3, -0.25) is 14.9 Å². The fraction of sp³-hybridized carbons (Fsp3) is 0.483. The fourth-order valence-corrected chi connectivity index (χ4v) is 6.59. The van der Waals surface area contributed by atoms with Crippen LogP contribution in [0.4, 0.5) is 11.4 Å². The van der Waals surface area contributed by atoms with Crippen LogP contribution in [0.5, 0.6) is 0 Å². The summed E-state index contributed by atoms with van der Waals surface area (Å²) in [6, 6.07) is 14.7. The third-order valence-corrected chi connectivity index (χ3v) is 7.98. The minimum Gasteiger partial charge on any atom is -0.371 e. The molecule has 3 aromatic rings. The van der Waals surface area contributed by atoms with E-state index in [1.807, 2.05) is 12.1 Å². The molecule has 0 amide bonds. The number of benzene rings is 1. The van der Waals surface area contributed by atoms with E-state index in [9.17, 15) is 5.26 Å². The SMILES string of the molecule is Cc1cc(N2CCC3(CN(CC4CN(c5ccc(C#N)c6ncccc56)CC(C)O4)C3)C2)cc(C)n1. The van der Waals surface area contributed by atoms with Crippen molar-refractivity contribution in [3.8, 4) is 6.07 Å². The van der Waals surface area contributed by atoms with Crippen molar-refractivity contribution in [3.63, 3.8) is 0 Å². The number of rotatable bonds is 4. The summed E-state index contributed by atoms with van der Waals surface area (Å²) in [6.45, 7) is 13.5. The maximum Gasteiger partial charge on any atom is 0.101 e. The van der Waals surface area contributed by atoms with E-state index < -0.39 is 0 Å². The quantitative estimate of drug-likeness (QED) is 0.558. The largest absolute Gasteiger partial charge is 0.371 e. The van der Waals surface area contributed by atoms with Crippen molar-refractivity contribution in [1.82, 2.24) is 14.9 Å². The second kappa shape index (κ2) is 9.02. The molecule has 186 valence electrons. The first-order valence-corrected chi connectivity index (χ1v) is 13.0. The molecule has 1 aromatic carbocycles. The summed E-state index contributed by atoms with van der Waals surface area (Å²) < 4.78 is 6.40. The summed E-state index contributed by atoms with van der Waals surface area (Å²) in [6.07, 6.45) is 3.33. The normalized spacial score (nSPS) is 23.7. The van der Waals surface area contributed by atoms with E-state index in [4.69, 9.17) is 4.74 Å². The molecule has 0 N–H and O–H groups in total. The maximum absolute atomic E-state index is 9.51. The highest BCUT2D eigenvalue weighted by molar-refractivity contribution is 5.95. The summed E-state index contributed by atoms with van der Waals surface area (Å²) in [5, 5.41) is 10.6. The average Bonchev–Trinajstić information content (AvgIpc) is 3.28. The summed E-state index contributed by atoms with van der Waals surface area (Å²) >= 11 is 0. The van der Waals surface area contributed by atoms with Crippen molar-refractivity contribution in [1.29, 1.82) is 5.26 Å². The molecule has 7 nitrogen and oxygen atoms in total. The van der Waals surface area contributed by atoms with Crippen LogP contribution in [0.1, 0.15) is 30.3 Å². The molecule has 3 aliphatic rings. The minimum atomic E-state index is 0.154. The van der Waals surface area contributed by atoms with Gasteiger partial charge in [0.2, 0.25) is 0 Å². The first-order valence-electron chi connectivity index (χ1n) is 13.0. The van der Waals surface area contributed by atoms with Crippen LogP contribution in [-0.4, -0.2) is 72.9 Å². The summed E-state index contributed by atoms with van der Waals surface area (Å²) in [5.41, 5.74) is 6.47. The molecule has 3 aliphatic heterocycles. The van der Waals surface area contributed by atoms with E-state index in [1.54, 1.807) is 6.20 Å². The van der Waals surface area contributed by atoms with Crippen molar-refractivity contribution in [3.05, 3.63) is 59.5 Å². The van der Waals surface area contributed by atoms with Crippen LogP contribution in [0.25, 0.3) is 10.9 Å². The highest BCUT2D eigenvalue weighted by atomic mass is 16.5. The molecule has 0 bridgehead atoms. The summed E-state index contributed by atoms with van der Waals surface area (Å²) in [5.74, 6) is 0. The lowest BCUT2D eigenvalue weighted by Gasteiger charge is -2.50. The van der Waals surface area contributed by atoms with E-state index in [0.717, 1.165) is 73.8 Å². The molecule has 6 rings (SSSR count). The second-order valence-corrected chi connectivity index (χ2v) is 11.1. The topological polar surface area (TPSA) is 68.5 Å².